The van der Waals surface area contributed by atoms with Gasteiger partial charge in [0.15, 0.2) is 11.6 Å². The second-order valence-electron chi connectivity index (χ2n) is 3.71. The van der Waals surface area contributed by atoms with Crippen LogP contribution in [0.3, 0.4) is 0 Å². The second-order valence-corrected chi connectivity index (χ2v) is 3.71. The number of hydrogen-bond donors (Lipinski definition) is 1. The Balaban J connectivity index is 2.10. The number of aromatic nitrogens is 1. The first kappa shape index (κ1) is 12.4. The van der Waals surface area contributed by atoms with Crippen LogP contribution in [0, 0.1) is 11.6 Å². The number of nitrogens with one attached hydrogen (secondary N) is 1. The SMILES string of the molecule is CNCc1ccc(Oc2ccc(F)c(F)c2)nc1. The molecule has 0 aliphatic heterocycles. The molecule has 0 atom stereocenters. The van der Waals surface area contributed by atoms with Crippen molar-refractivity contribution in [3.05, 3.63) is 53.7 Å². The van der Waals surface area contributed by atoms with Crippen molar-refractivity contribution < 1.29 is 13.5 Å². The molecule has 2 aromatic rings. The van der Waals surface area contributed by atoms with E-state index in [1.807, 2.05) is 13.1 Å². The third-order valence-corrected chi connectivity index (χ3v) is 2.29. The number of ether oxygens (including phenoxy) is 1. The Morgan fingerprint density at radius 3 is 2.61 bits per heavy atom. The van der Waals surface area contributed by atoms with Crippen LogP contribution in [-0.4, -0.2) is 12.0 Å². The Labute approximate surface area is 103 Å². The van der Waals surface area contributed by atoms with Crippen molar-refractivity contribution in [1.82, 2.24) is 10.3 Å². The molecule has 0 aliphatic rings. The summed E-state index contributed by atoms with van der Waals surface area (Å²) in [5.41, 5.74) is 1.01. The average Bonchev–Trinajstić information content (AvgIpc) is 2.37. The highest BCUT2D eigenvalue weighted by atomic mass is 19.2. The summed E-state index contributed by atoms with van der Waals surface area (Å²) in [7, 11) is 1.84. The fourth-order valence-electron chi connectivity index (χ4n) is 1.44. The van der Waals surface area contributed by atoms with E-state index in [1.165, 1.54) is 6.07 Å². The minimum absolute atomic E-state index is 0.211. The van der Waals surface area contributed by atoms with Crippen LogP contribution in [0.5, 0.6) is 11.6 Å². The van der Waals surface area contributed by atoms with E-state index in [0.29, 0.717) is 12.4 Å². The summed E-state index contributed by atoms with van der Waals surface area (Å²) in [5.74, 6) is -1.30. The Kier molecular flexibility index (Phi) is 3.84. The normalized spacial score (nSPS) is 10.4. The molecular weight excluding hydrogens is 238 g/mol. The molecule has 0 radical (unpaired) electrons. The molecule has 2 rings (SSSR count). The number of hydrogen-bond acceptors (Lipinski definition) is 3. The molecule has 0 aliphatic carbocycles. The maximum absolute atomic E-state index is 13.0. The molecule has 18 heavy (non-hydrogen) atoms. The summed E-state index contributed by atoms with van der Waals surface area (Å²) >= 11 is 0. The molecule has 5 heteroatoms. The minimum atomic E-state index is -0.945. The second kappa shape index (κ2) is 5.55. The first-order valence-corrected chi connectivity index (χ1v) is 5.41. The van der Waals surface area contributed by atoms with Gasteiger partial charge in [-0.3, -0.25) is 0 Å². The molecule has 0 amide bonds. The van der Waals surface area contributed by atoms with Gasteiger partial charge >= 0.3 is 0 Å². The van der Waals surface area contributed by atoms with Gasteiger partial charge in [0.25, 0.3) is 0 Å². The highest BCUT2D eigenvalue weighted by Crippen LogP contribution is 2.21. The largest absolute Gasteiger partial charge is 0.439 e. The molecule has 1 N–H and O–H groups in total. The van der Waals surface area contributed by atoms with Gasteiger partial charge in [0, 0.05) is 24.9 Å². The molecule has 94 valence electrons. The third-order valence-electron chi connectivity index (χ3n) is 2.29. The van der Waals surface area contributed by atoms with Crippen LogP contribution in [-0.2, 0) is 6.54 Å². The van der Waals surface area contributed by atoms with Gasteiger partial charge in [-0.15, -0.1) is 0 Å². The number of nitrogens with zero attached hydrogens (tertiary/aromatic N) is 1. The van der Waals surface area contributed by atoms with Gasteiger partial charge in [0.1, 0.15) is 5.75 Å². The first-order valence-electron chi connectivity index (χ1n) is 5.41. The lowest BCUT2D eigenvalue weighted by atomic mass is 10.3. The summed E-state index contributed by atoms with van der Waals surface area (Å²) in [4.78, 5) is 4.07. The van der Waals surface area contributed by atoms with Gasteiger partial charge in [-0.25, -0.2) is 13.8 Å². The zero-order chi connectivity index (χ0) is 13.0. The molecule has 0 bridgehead atoms. The maximum Gasteiger partial charge on any atom is 0.219 e. The van der Waals surface area contributed by atoms with Crippen molar-refractivity contribution in [2.75, 3.05) is 7.05 Å². The summed E-state index contributed by atoms with van der Waals surface area (Å²) in [6.07, 6.45) is 1.66. The van der Waals surface area contributed by atoms with Crippen LogP contribution in [0.25, 0.3) is 0 Å². The van der Waals surface area contributed by atoms with Crippen molar-refractivity contribution in [1.29, 1.82) is 0 Å². The van der Waals surface area contributed by atoms with Crippen LogP contribution in [0.2, 0.25) is 0 Å². The summed E-state index contributed by atoms with van der Waals surface area (Å²) in [6.45, 7) is 0.707. The topological polar surface area (TPSA) is 34.1 Å². The van der Waals surface area contributed by atoms with E-state index >= 15 is 0 Å². The summed E-state index contributed by atoms with van der Waals surface area (Å²) < 4.78 is 31.0. The number of halogens is 2. The fraction of sp³-hybridized carbons (Fsp3) is 0.154. The van der Waals surface area contributed by atoms with Crippen molar-refractivity contribution in [2.45, 2.75) is 6.54 Å². The Hall–Kier alpha value is -2.01. The van der Waals surface area contributed by atoms with E-state index in [4.69, 9.17) is 4.74 Å². The van der Waals surface area contributed by atoms with Crippen molar-refractivity contribution >= 4 is 0 Å². The lowest BCUT2D eigenvalue weighted by molar-refractivity contribution is 0.447. The van der Waals surface area contributed by atoms with E-state index in [0.717, 1.165) is 17.7 Å². The highest BCUT2D eigenvalue weighted by molar-refractivity contribution is 5.28. The van der Waals surface area contributed by atoms with Crippen LogP contribution >= 0.6 is 0 Å². The predicted molar refractivity (Wildman–Crippen MR) is 63.4 cm³/mol. The van der Waals surface area contributed by atoms with Crippen LogP contribution < -0.4 is 10.1 Å². The monoisotopic (exact) mass is 250 g/mol. The molecule has 0 spiro atoms. The molecule has 3 nitrogen and oxygen atoms in total. The van der Waals surface area contributed by atoms with Gasteiger partial charge in [-0.2, -0.15) is 0 Å². The van der Waals surface area contributed by atoms with E-state index in [2.05, 4.69) is 10.3 Å². The molecule has 0 unspecified atom stereocenters. The minimum Gasteiger partial charge on any atom is -0.439 e. The van der Waals surface area contributed by atoms with Gasteiger partial charge in [-0.1, -0.05) is 6.07 Å². The molecule has 0 saturated heterocycles. The van der Waals surface area contributed by atoms with Crippen molar-refractivity contribution in [3.8, 4) is 11.6 Å². The standard InChI is InChI=1S/C13H12F2N2O/c1-16-7-9-2-5-13(17-8-9)18-10-3-4-11(14)12(15)6-10/h2-6,8,16H,7H2,1H3. The third kappa shape index (κ3) is 3.01. The molecule has 0 saturated carbocycles. The summed E-state index contributed by atoms with van der Waals surface area (Å²) in [6, 6.07) is 6.87. The average molecular weight is 250 g/mol. The molecule has 1 aromatic carbocycles. The number of benzene rings is 1. The Morgan fingerprint density at radius 2 is 2.00 bits per heavy atom. The molecule has 1 aromatic heterocycles. The Morgan fingerprint density at radius 1 is 1.17 bits per heavy atom. The molecule has 1 heterocycles. The predicted octanol–water partition coefficient (Wildman–Crippen LogP) is 2.87. The lowest BCUT2D eigenvalue weighted by Gasteiger charge is -2.06. The zero-order valence-corrected chi connectivity index (χ0v) is 9.78. The first-order chi connectivity index (χ1) is 8.69. The maximum atomic E-state index is 13.0. The lowest BCUT2D eigenvalue weighted by Crippen LogP contribution is -2.05. The summed E-state index contributed by atoms with van der Waals surface area (Å²) in [5, 5.41) is 2.99. The van der Waals surface area contributed by atoms with Crippen LogP contribution in [0.15, 0.2) is 36.5 Å². The van der Waals surface area contributed by atoms with E-state index < -0.39 is 11.6 Å². The van der Waals surface area contributed by atoms with E-state index in [9.17, 15) is 8.78 Å². The highest BCUT2D eigenvalue weighted by Gasteiger charge is 2.04. The van der Waals surface area contributed by atoms with E-state index in [-0.39, 0.29) is 5.75 Å². The van der Waals surface area contributed by atoms with Gasteiger partial charge in [0.05, 0.1) is 0 Å². The van der Waals surface area contributed by atoms with Crippen molar-refractivity contribution in [2.24, 2.45) is 0 Å². The smallest absolute Gasteiger partial charge is 0.219 e. The van der Waals surface area contributed by atoms with Gasteiger partial charge in [0.2, 0.25) is 5.88 Å². The fourth-order valence-corrected chi connectivity index (χ4v) is 1.44. The van der Waals surface area contributed by atoms with E-state index in [1.54, 1.807) is 12.3 Å². The Bertz CT molecular complexity index is 529. The quantitative estimate of drug-likeness (QED) is 0.906. The molecule has 0 fully saturated rings. The number of rotatable bonds is 4. The van der Waals surface area contributed by atoms with Gasteiger partial charge in [-0.05, 0) is 24.7 Å². The van der Waals surface area contributed by atoms with Gasteiger partial charge < -0.3 is 10.1 Å². The van der Waals surface area contributed by atoms with Crippen LogP contribution in [0.4, 0.5) is 8.78 Å². The number of pyridine rings is 1. The zero-order valence-electron chi connectivity index (χ0n) is 9.78. The van der Waals surface area contributed by atoms with Crippen LogP contribution in [0.1, 0.15) is 5.56 Å². The van der Waals surface area contributed by atoms with Crippen molar-refractivity contribution in [3.63, 3.8) is 0 Å². The molecular formula is C13H12F2N2O.